The fourth-order valence-corrected chi connectivity index (χ4v) is 2.57. The van der Waals surface area contributed by atoms with Gasteiger partial charge in [-0.15, -0.1) is 0 Å². The Labute approximate surface area is 129 Å². The third-order valence-corrected chi connectivity index (χ3v) is 3.76. The summed E-state index contributed by atoms with van der Waals surface area (Å²) >= 11 is 0. The monoisotopic (exact) mass is 302 g/mol. The van der Waals surface area contributed by atoms with Gasteiger partial charge in [0, 0.05) is 26.8 Å². The average Bonchev–Trinajstić information content (AvgIpc) is 2.49. The van der Waals surface area contributed by atoms with Crippen molar-refractivity contribution >= 4 is 5.91 Å². The third-order valence-electron chi connectivity index (χ3n) is 3.76. The molecule has 0 heterocycles. The van der Waals surface area contributed by atoms with Gasteiger partial charge in [-0.05, 0) is 25.7 Å². The maximum Gasteiger partial charge on any atom is 0.227 e. The van der Waals surface area contributed by atoms with Crippen molar-refractivity contribution in [2.75, 3.05) is 40.0 Å². The maximum absolute atomic E-state index is 12.4. The van der Waals surface area contributed by atoms with Crippen molar-refractivity contribution < 1.29 is 14.3 Å². The first-order chi connectivity index (χ1) is 10.2. The van der Waals surface area contributed by atoms with E-state index in [4.69, 9.17) is 15.2 Å². The highest BCUT2D eigenvalue weighted by molar-refractivity contribution is 5.82. The molecule has 0 aromatic heterocycles. The molecular weight excluding hydrogens is 268 g/mol. The predicted octanol–water partition coefficient (Wildman–Crippen LogP) is 2.09. The number of hydrogen-bond acceptors (Lipinski definition) is 4. The summed E-state index contributed by atoms with van der Waals surface area (Å²) in [4.78, 5) is 12.4. The number of methoxy groups -OCH3 is 1. The van der Waals surface area contributed by atoms with Crippen LogP contribution in [0.15, 0.2) is 0 Å². The first-order valence-corrected chi connectivity index (χ1v) is 8.22. The van der Waals surface area contributed by atoms with Crippen LogP contribution in [0.2, 0.25) is 0 Å². The number of nitrogens with two attached hydrogens (primary N) is 1. The molecule has 126 valence electrons. The average molecular weight is 302 g/mol. The van der Waals surface area contributed by atoms with Gasteiger partial charge in [0.15, 0.2) is 0 Å². The molecule has 5 nitrogen and oxygen atoms in total. The van der Waals surface area contributed by atoms with Crippen LogP contribution in [0.3, 0.4) is 0 Å². The SMILES string of the molecule is CCCC(CN)(CCC)C(=O)NCCCCOCCOC. The van der Waals surface area contributed by atoms with E-state index >= 15 is 0 Å². The van der Waals surface area contributed by atoms with Crippen molar-refractivity contribution in [1.82, 2.24) is 5.32 Å². The zero-order valence-electron chi connectivity index (χ0n) is 14.1. The number of ether oxygens (including phenoxy) is 2. The van der Waals surface area contributed by atoms with Gasteiger partial charge in [0.1, 0.15) is 0 Å². The number of unbranched alkanes of at least 4 members (excludes halogenated alkanes) is 1. The summed E-state index contributed by atoms with van der Waals surface area (Å²) in [7, 11) is 1.66. The van der Waals surface area contributed by atoms with Gasteiger partial charge in [0.2, 0.25) is 5.91 Å². The summed E-state index contributed by atoms with van der Waals surface area (Å²) in [5, 5.41) is 3.05. The van der Waals surface area contributed by atoms with Gasteiger partial charge in [-0.25, -0.2) is 0 Å². The van der Waals surface area contributed by atoms with Crippen LogP contribution >= 0.6 is 0 Å². The lowest BCUT2D eigenvalue weighted by atomic mass is 9.78. The molecule has 0 aliphatic heterocycles. The summed E-state index contributed by atoms with van der Waals surface area (Å²) in [5.41, 5.74) is 5.51. The van der Waals surface area contributed by atoms with E-state index in [0.717, 1.165) is 38.5 Å². The first kappa shape index (κ1) is 20.3. The van der Waals surface area contributed by atoms with Crippen molar-refractivity contribution in [2.24, 2.45) is 11.1 Å². The third kappa shape index (κ3) is 8.39. The minimum Gasteiger partial charge on any atom is -0.382 e. The number of nitrogens with one attached hydrogen (secondary N) is 1. The van der Waals surface area contributed by atoms with Crippen LogP contribution in [0.4, 0.5) is 0 Å². The van der Waals surface area contributed by atoms with Crippen LogP contribution in [-0.2, 0) is 14.3 Å². The minimum absolute atomic E-state index is 0.119. The van der Waals surface area contributed by atoms with Crippen molar-refractivity contribution in [2.45, 2.75) is 52.4 Å². The second-order valence-electron chi connectivity index (χ2n) is 5.55. The van der Waals surface area contributed by atoms with E-state index in [1.807, 2.05) is 0 Å². The maximum atomic E-state index is 12.4. The van der Waals surface area contributed by atoms with Crippen LogP contribution in [0.25, 0.3) is 0 Å². The van der Waals surface area contributed by atoms with E-state index in [2.05, 4.69) is 19.2 Å². The largest absolute Gasteiger partial charge is 0.382 e. The smallest absolute Gasteiger partial charge is 0.227 e. The molecule has 21 heavy (non-hydrogen) atoms. The molecule has 0 radical (unpaired) electrons. The van der Waals surface area contributed by atoms with Crippen molar-refractivity contribution in [3.63, 3.8) is 0 Å². The van der Waals surface area contributed by atoms with Crippen LogP contribution in [0.5, 0.6) is 0 Å². The van der Waals surface area contributed by atoms with Crippen LogP contribution in [0, 0.1) is 5.41 Å². The van der Waals surface area contributed by atoms with E-state index in [0.29, 0.717) is 32.9 Å². The molecule has 0 saturated carbocycles. The standard InChI is InChI=1S/C16H34N2O3/c1-4-8-16(14-17,9-5-2)15(19)18-10-6-7-11-21-13-12-20-3/h4-14,17H2,1-3H3,(H,18,19). The minimum atomic E-state index is -0.377. The van der Waals surface area contributed by atoms with Crippen molar-refractivity contribution in [3.8, 4) is 0 Å². The molecule has 0 bridgehead atoms. The van der Waals surface area contributed by atoms with E-state index in [1.54, 1.807) is 7.11 Å². The van der Waals surface area contributed by atoms with Crippen LogP contribution in [0.1, 0.15) is 52.4 Å². The highest BCUT2D eigenvalue weighted by Gasteiger charge is 2.34. The Hall–Kier alpha value is -0.650. The second kappa shape index (κ2) is 13.0. The van der Waals surface area contributed by atoms with E-state index in [1.165, 1.54) is 0 Å². The molecule has 0 aromatic rings. The van der Waals surface area contributed by atoms with E-state index < -0.39 is 0 Å². The molecule has 0 aliphatic carbocycles. The molecular formula is C16H34N2O3. The second-order valence-corrected chi connectivity index (χ2v) is 5.55. The Kier molecular flexibility index (Phi) is 12.6. The highest BCUT2D eigenvalue weighted by atomic mass is 16.5. The number of amides is 1. The number of carbonyl (C=O) groups is 1. The van der Waals surface area contributed by atoms with Crippen molar-refractivity contribution in [1.29, 1.82) is 0 Å². The van der Waals surface area contributed by atoms with Crippen molar-refractivity contribution in [3.05, 3.63) is 0 Å². The van der Waals surface area contributed by atoms with E-state index in [9.17, 15) is 4.79 Å². The molecule has 1 amide bonds. The molecule has 0 rings (SSSR count). The quantitative estimate of drug-likeness (QED) is 0.482. The number of rotatable bonds is 14. The zero-order valence-corrected chi connectivity index (χ0v) is 14.1. The van der Waals surface area contributed by atoms with Gasteiger partial charge in [-0.2, -0.15) is 0 Å². The van der Waals surface area contributed by atoms with Gasteiger partial charge in [-0.1, -0.05) is 26.7 Å². The fourth-order valence-electron chi connectivity index (χ4n) is 2.57. The van der Waals surface area contributed by atoms with Gasteiger partial charge in [0.25, 0.3) is 0 Å². The van der Waals surface area contributed by atoms with Gasteiger partial charge in [-0.3, -0.25) is 4.79 Å². The van der Waals surface area contributed by atoms with Gasteiger partial charge in [0.05, 0.1) is 18.6 Å². The summed E-state index contributed by atoms with van der Waals surface area (Å²) in [6.07, 6.45) is 5.57. The van der Waals surface area contributed by atoms with Crippen LogP contribution in [-0.4, -0.2) is 45.9 Å². The van der Waals surface area contributed by atoms with Gasteiger partial charge < -0.3 is 20.5 Å². The molecule has 0 saturated heterocycles. The Bertz CT molecular complexity index is 254. The molecule has 0 unspecified atom stereocenters. The molecule has 0 spiro atoms. The molecule has 3 N–H and O–H groups in total. The lowest BCUT2D eigenvalue weighted by molar-refractivity contribution is -0.131. The molecule has 0 fully saturated rings. The van der Waals surface area contributed by atoms with Gasteiger partial charge >= 0.3 is 0 Å². The number of carbonyl (C=O) groups excluding carboxylic acids is 1. The Morgan fingerprint density at radius 3 is 2.29 bits per heavy atom. The summed E-state index contributed by atoms with van der Waals surface area (Å²) in [6, 6.07) is 0. The fraction of sp³-hybridized carbons (Fsp3) is 0.938. The zero-order chi connectivity index (χ0) is 16.0. The summed E-state index contributed by atoms with van der Waals surface area (Å²) in [6.45, 7) is 7.30. The Morgan fingerprint density at radius 2 is 1.76 bits per heavy atom. The molecule has 0 aliphatic rings. The lowest BCUT2D eigenvalue weighted by Crippen LogP contribution is -2.46. The normalized spacial score (nSPS) is 11.6. The van der Waals surface area contributed by atoms with Crippen LogP contribution < -0.4 is 11.1 Å². The Balaban J connectivity index is 3.93. The topological polar surface area (TPSA) is 73.6 Å². The number of hydrogen-bond donors (Lipinski definition) is 2. The molecule has 5 heteroatoms. The molecule has 0 aromatic carbocycles. The van der Waals surface area contributed by atoms with E-state index in [-0.39, 0.29) is 11.3 Å². The first-order valence-electron chi connectivity index (χ1n) is 8.22. The predicted molar refractivity (Wildman–Crippen MR) is 86.2 cm³/mol. The lowest BCUT2D eigenvalue weighted by Gasteiger charge is -2.30. The Morgan fingerprint density at radius 1 is 1.10 bits per heavy atom. The summed E-state index contributed by atoms with van der Waals surface area (Å²) in [5.74, 6) is 0.119. The molecule has 0 atom stereocenters. The highest BCUT2D eigenvalue weighted by Crippen LogP contribution is 2.28. The summed E-state index contributed by atoms with van der Waals surface area (Å²) < 4.78 is 10.3.